The molecular weight excluding hydrogens is 260 g/mol. The van der Waals surface area contributed by atoms with Gasteiger partial charge in [-0.15, -0.1) is 10.2 Å². The first-order valence-corrected chi connectivity index (χ1v) is 6.51. The quantitative estimate of drug-likeness (QED) is 0.736. The summed E-state index contributed by atoms with van der Waals surface area (Å²) < 4.78 is 1.89. The van der Waals surface area contributed by atoms with E-state index in [0.717, 1.165) is 18.7 Å². The molecule has 2 heterocycles. The van der Waals surface area contributed by atoms with Gasteiger partial charge in [0.2, 0.25) is 0 Å². The first-order valence-electron chi connectivity index (χ1n) is 6.14. The third-order valence-electron chi connectivity index (χ3n) is 3.11. The molecule has 4 nitrogen and oxygen atoms in total. The molecular formula is C14H13ClN4. The van der Waals surface area contributed by atoms with Gasteiger partial charge in [0.15, 0.2) is 10.8 Å². The van der Waals surface area contributed by atoms with E-state index < -0.39 is 0 Å². The molecule has 96 valence electrons. The molecule has 0 atom stereocenters. The van der Waals surface area contributed by atoms with Crippen molar-refractivity contribution in [2.24, 2.45) is 0 Å². The van der Waals surface area contributed by atoms with E-state index in [9.17, 15) is 0 Å². The van der Waals surface area contributed by atoms with Crippen LogP contribution in [0.25, 0.3) is 5.65 Å². The number of nitrogens with zero attached hydrogens (tertiary/aromatic N) is 4. The van der Waals surface area contributed by atoms with Crippen LogP contribution in [-0.2, 0) is 12.8 Å². The van der Waals surface area contributed by atoms with E-state index in [0.29, 0.717) is 10.8 Å². The van der Waals surface area contributed by atoms with Crippen LogP contribution >= 0.6 is 11.6 Å². The Balaban J connectivity index is 1.82. The molecule has 0 radical (unpaired) electrons. The highest BCUT2D eigenvalue weighted by Crippen LogP contribution is 2.14. The van der Waals surface area contributed by atoms with Crippen LogP contribution in [0.4, 0.5) is 0 Å². The standard InChI is InChI=1S/C14H13ClN4/c1-10-2-4-11(5-3-10)6-7-12-17-18-14-13(15)16-8-9-19(12)14/h2-5,8-9H,6-7H2,1H3. The second-order valence-corrected chi connectivity index (χ2v) is 4.87. The number of rotatable bonds is 3. The Morgan fingerprint density at radius 3 is 2.68 bits per heavy atom. The monoisotopic (exact) mass is 272 g/mol. The van der Waals surface area contributed by atoms with Gasteiger partial charge >= 0.3 is 0 Å². The Kier molecular flexibility index (Phi) is 3.17. The van der Waals surface area contributed by atoms with Crippen molar-refractivity contribution in [1.29, 1.82) is 0 Å². The molecule has 0 aliphatic heterocycles. The van der Waals surface area contributed by atoms with E-state index in [1.165, 1.54) is 11.1 Å². The van der Waals surface area contributed by atoms with E-state index in [1.807, 2.05) is 10.6 Å². The summed E-state index contributed by atoms with van der Waals surface area (Å²) in [5, 5.41) is 8.63. The lowest BCUT2D eigenvalue weighted by Gasteiger charge is -2.02. The second-order valence-electron chi connectivity index (χ2n) is 4.51. The normalized spacial score (nSPS) is 11.1. The molecule has 0 fully saturated rings. The predicted octanol–water partition coefficient (Wildman–Crippen LogP) is 2.87. The fraction of sp³-hybridized carbons (Fsp3) is 0.214. The van der Waals surface area contributed by atoms with Gasteiger partial charge in [0.25, 0.3) is 0 Å². The minimum Gasteiger partial charge on any atom is -0.282 e. The van der Waals surface area contributed by atoms with Gasteiger partial charge in [0, 0.05) is 18.8 Å². The van der Waals surface area contributed by atoms with Gasteiger partial charge in [0.05, 0.1) is 0 Å². The van der Waals surface area contributed by atoms with Gasteiger partial charge in [-0.1, -0.05) is 41.4 Å². The van der Waals surface area contributed by atoms with Gasteiger partial charge in [-0.05, 0) is 18.9 Å². The van der Waals surface area contributed by atoms with E-state index in [-0.39, 0.29) is 0 Å². The number of benzene rings is 1. The number of fused-ring (bicyclic) bond motifs is 1. The van der Waals surface area contributed by atoms with Crippen LogP contribution in [0, 0.1) is 6.92 Å². The highest BCUT2D eigenvalue weighted by molar-refractivity contribution is 6.32. The summed E-state index contributed by atoms with van der Waals surface area (Å²) in [6.45, 7) is 2.09. The van der Waals surface area contributed by atoms with Gasteiger partial charge in [-0.2, -0.15) is 0 Å². The summed E-state index contributed by atoms with van der Waals surface area (Å²) in [6.07, 6.45) is 5.26. The molecule has 1 aromatic carbocycles. The Bertz CT molecular complexity index is 703. The molecule has 19 heavy (non-hydrogen) atoms. The third kappa shape index (κ3) is 2.44. The maximum atomic E-state index is 5.97. The number of aryl methyl sites for hydroxylation is 3. The molecule has 0 aliphatic carbocycles. The van der Waals surface area contributed by atoms with Gasteiger partial charge in [0.1, 0.15) is 5.82 Å². The summed E-state index contributed by atoms with van der Waals surface area (Å²) in [5.41, 5.74) is 3.18. The lowest BCUT2D eigenvalue weighted by atomic mass is 10.1. The zero-order valence-electron chi connectivity index (χ0n) is 10.5. The summed E-state index contributed by atoms with van der Waals surface area (Å²) in [6, 6.07) is 8.54. The maximum Gasteiger partial charge on any atom is 0.198 e. The minimum atomic E-state index is 0.386. The van der Waals surface area contributed by atoms with Gasteiger partial charge in [-0.3, -0.25) is 4.40 Å². The molecule has 0 saturated heterocycles. The van der Waals surface area contributed by atoms with Crippen LogP contribution in [0.5, 0.6) is 0 Å². The van der Waals surface area contributed by atoms with Crippen LogP contribution in [0.2, 0.25) is 5.15 Å². The van der Waals surface area contributed by atoms with Crippen LogP contribution in [-0.4, -0.2) is 19.6 Å². The van der Waals surface area contributed by atoms with Crippen LogP contribution in [0.15, 0.2) is 36.7 Å². The van der Waals surface area contributed by atoms with Crippen LogP contribution in [0.3, 0.4) is 0 Å². The number of aromatic nitrogens is 4. The Morgan fingerprint density at radius 1 is 1.11 bits per heavy atom. The van der Waals surface area contributed by atoms with Crippen molar-refractivity contribution in [2.45, 2.75) is 19.8 Å². The van der Waals surface area contributed by atoms with Crippen molar-refractivity contribution in [2.75, 3.05) is 0 Å². The van der Waals surface area contributed by atoms with Crippen molar-refractivity contribution < 1.29 is 0 Å². The van der Waals surface area contributed by atoms with Crippen LogP contribution in [0.1, 0.15) is 17.0 Å². The molecule has 3 aromatic rings. The summed E-state index contributed by atoms with van der Waals surface area (Å²) in [7, 11) is 0. The lowest BCUT2D eigenvalue weighted by molar-refractivity contribution is 0.837. The molecule has 0 N–H and O–H groups in total. The van der Waals surface area contributed by atoms with E-state index >= 15 is 0 Å². The summed E-state index contributed by atoms with van der Waals surface area (Å²) in [5.74, 6) is 0.903. The predicted molar refractivity (Wildman–Crippen MR) is 74.4 cm³/mol. The smallest absolute Gasteiger partial charge is 0.198 e. The highest BCUT2D eigenvalue weighted by atomic mass is 35.5. The zero-order valence-corrected chi connectivity index (χ0v) is 11.3. The van der Waals surface area contributed by atoms with Crippen molar-refractivity contribution in [1.82, 2.24) is 19.6 Å². The van der Waals surface area contributed by atoms with E-state index in [4.69, 9.17) is 11.6 Å². The molecule has 0 spiro atoms. The molecule has 0 bridgehead atoms. The molecule has 0 unspecified atom stereocenters. The number of hydrogen-bond acceptors (Lipinski definition) is 3. The maximum absolute atomic E-state index is 5.97. The molecule has 0 amide bonds. The summed E-state index contributed by atoms with van der Waals surface area (Å²) in [4.78, 5) is 3.99. The zero-order chi connectivity index (χ0) is 13.2. The average Bonchev–Trinajstić information content (AvgIpc) is 2.83. The Labute approximate surface area is 116 Å². The highest BCUT2D eigenvalue weighted by Gasteiger charge is 2.08. The first kappa shape index (κ1) is 12.1. The topological polar surface area (TPSA) is 43.1 Å². The molecule has 0 saturated carbocycles. The van der Waals surface area contributed by atoms with Crippen molar-refractivity contribution >= 4 is 17.2 Å². The molecule has 2 aromatic heterocycles. The van der Waals surface area contributed by atoms with E-state index in [2.05, 4.69) is 46.4 Å². The van der Waals surface area contributed by atoms with Crippen molar-refractivity contribution in [3.05, 3.63) is 58.8 Å². The molecule has 3 rings (SSSR count). The van der Waals surface area contributed by atoms with Crippen molar-refractivity contribution in [3.63, 3.8) is 0 Å². The lowest BCUT2D eigenvalue weighted by Crippen LogP contribution is -1.98. The van der Waals surface area contributed by atoms with Gasteiger partial charge < -0.3 is 0 Å². The second kappa shape index (κ2) is 4.97. The van der Waals surface area contributed by atoms with E-state index in [1.54, 1.807) is 6.20 Å². The average molecular weight is 273 g/mol. The fourth-order valence-electron chi connectivity index (χ4n) is 2.03. The Morgan fingerprint density at radius 2 is 1.89 bits per heavy atom. The minimum absolute atomic E-state index is 0.386. The molecule has 0 aliphatic rings. The van der Waals surface area contributed by atoms with Crippen molar-refractivity contribution in [3.8, 4) is 0 Å². The largest absolute Gasteiger partial charge is 0.282 e. The Hall–Kier alpha value is -1.94. The number of halogens is 1. The SMILES string of the molecule is Cc1ccc(CCc2nnc3c(Cl)nccn23)cc1. The summed E-state index contributed by atoms with van der Waals surface area (Å²) >= 11 is 5.97. The molecule has 5 heteroatoms. The van der Waals surface area contributed by atoms with Crippen LogP contribution < -0.4 is 0 Å². The third-order valence-corrected chi connectivity index (χ3v) is 3.38. The number of hydrogen-bond donors (Lipinski definition) is 0. The first-order chi connectivity index (χ1) is 9.24. The fourth-order valence-corrected chi connectivity index (χ4v) is 2.21. The van der Waals surface area contributed by atoms with Gasteiger partial charge in [-0.25, -0.2) is 4.98 Å².